The summed E-state index contributed by atoms with van der Waals surface area (Å²) in [5, 5.41) is 11.8. The summed E-state index contributed by atoms with van der Waals surface area (Å²) >= 11 is 3.07. The predicted octanol–water partition coefficient (Wildman–Crippen LogP) is 1.63. The number of carbonyl (C=O) groups excluding carboxylic acids is 1. The zero-order valence-electron chi connectivity index (χ0n) is 12.8. The lowest BCUT2D eigenvalue weighted by atomic mass is 10.1. The summed E-state index contributed by atoms with van der Waals surface area (Å²) in [6, 6.07) is 14.8. The quantitative estimate of drug-likeness (QED) is 0.602. The van der Waals surface area contributed by atoms with Crippen molar-refractivity contribution >= 4 is 45.4 Å². The molecule has 2 aromatic carbocycles. The second kappa shape index (κ2) is 6.23. The van der Waals surface area contributed by atoms with Gasteiger partial charge in [0, 0.05) is 8.79 Å². The zero-order valence-corrected chi connectivity index (χ0v) is 15.7. The van der Waals surface area contributed by atoms with E-state index < -0.39 is 5.91 Å². The first-order valence-corrected chi connectivity index (χ1v) is 9.34. The van der Waals surface area contributed by atoms with Gasteiger partial charge in [0.25, 0.3) is 5.91 Å². The van der Waals surface area contributed by atoms with Gasteiger partial charge in [0.15, 0.2) is 0 Å². The standard InChI is InChI=1S/C18H11IN2O3S/c19-11-7-5-10(6-8-11)9-21-17(23)15(25-18(21)24)14-12-3-1-2-4-13(12)20-16(14)22/h1-8,23H,9H2. The molecule has 3 aromatic rings. The third-order valence-electron chi connectivity index (χ3n) is 3.96. The van der Waals surface area contributed by atoms with Gasteiger partial charge in [0.05, 0.1) is 17.5 Å². The van der Waals surface area contributed by atoms with E-state index in [-0.39, 0.29) is 27.7 Å². The molecule has 1 aliphatic rings. The van der Waals surface area contributed by atoms with Crippen molar-refractivity contribution in [2.45, 2.75) is 6.54 Å². The second-order valence-electron chi connectivity index (χ2n) is 5.54. The van der Waals surface area contributed by atoms with Gasteiger partial charge < -0.3 is 5.11 Å². The Kier molecular flexibility index (Phi) is 4.04. The van der Waals surface area contributed by atoms with Crippen LogP contribution in [0.1, 0.15) is 10.4 Å². The number of hydrogen-bond acceptors (Lipinski definition) is 4. The van der Waals surface area contributed by atoms with Crippen molar-refractivity contribution in [1.82, 2.24) is 4.57 Å². The Balaban J connectivity index is 1.85. The Hall–Kier alpha value is -2.26. The summed E-state index contributed by atoms with van der Waals surface area (Å²) < 4.78 is 2.37. The van der Waals surface area contributed by atoms with Crippen LogP contribution in [0, 0.1) is 3.57 Å². The molecule has 0 atom stereocenters. The van der Waals surface area contributed by atoms with Gasteiger partial charge in [-0.25, -0.2) is 4.99 Å². The van der Waals surface area contributed by atoms with E-state index in [1.165, 1.54) is 4.57 Å². The third-order valence-corrected chi connectivity index (χ3v) is 5.66. The minimum atomic E-state index is -0.431. The fourth-order valence-corrected chi connectivity index (χ4v) is 4.05. The highest BCUT2D eigenvalue weighted by atomic mass is 127. The Morgan fingerprint density at radius 2 is 1.80 bits per heavy atom. The first-order valence-electron chi connectivity index (χ1n) is 7.44. The van der Waals surface area contributed by atoms with Gasteiger partial charge in [-0.1, -0.05) is 41.7 Å². The van der Waals surface area contributed by atoms with Gasteiger partial charge in [0.2, 0.25) is 5.88 Å². The van der Waals surface area contributed by atoms with Crippen LogP contribution in [0.4, 0.5) is 0 Å². The second-order valence-corrected chi connectivity index (χ2v) is 7.75. The lowest BCUT2D eigenvalue weighted by Crippen LogP contribution is -2.22. The number of aromatic hydroxyl groups is 1. The Morgan fingerprint density at radius 3 is 2.56 bits per heavy atom. The van der Waals surface area contributed by atoms with Crippen LogP contribution in [0.5, 0.6) is 5.88 Å². The van der Waals surface area contributed by atoms with Gasteiger partial charge in [-0.15, -0.1) is 0 Å². The summed E-state index contributed by atoms with van der Waals surface area (Å²) in [5.74, 6) is -0.622. The van der Waals surface area contributed by atoms with Crippen molar-refractivity contribution < 1.29 is 9.90 Å². The molecule has 1 N–H and O–H groups in total. The number of halogens is 1. The van der Waals surface area contributed by atoms with E-state index in [1.54, 1.807) is 24.3 Å². The summed E-state index contributed by atoms with van der Waals surface area (Å²) in [4.78, 5) is 28.6. The molecular formula is C18H11IN2O3S. The normalized spacial score (nSPS) is 13.0. The van der Waals surface area contributed by atoms with Crippen molar-refractivity contribution in [3.63, 3.8) is 0 Å². The topological polar surface area (TPSA) is 71.7 Å². The van der Waals surface area contributed by atoms with Crippen LogP contribution >= 0.6 is 33.9 Å². The van der Waals surface area contributed by atoms with E-state index in [2.05, 4.69) is 27.6 Å². The molecule has 7 heteroatoms. The summed E-state index contributed by atoms with van der Waals surface area (Å²) in [6.07, 6.45) is 0. The fourth-order valence-electron chi connectivity index (χ4n) is 2.75. The Labute approximate surface area is 159 Å². The van der Waals surface area contributed by atoms with E-state index in [0.717, 1.165) is 20.5 Å². The molecule has 4 rings (SSSR count). The average molecular weight is 462 g/mol. The first-order chi connectivity index (χ1) is 12.0. The molecule has 0 aliphatic carbocycles. The summed E-state index contributed by atoms with van der Waals surface area (Å²) in [5.41, 5.74) is 1.19. The Bertz CT molecular complexity index is 1180. The van der Waals surface area contributed by atoms with E-state index >= 15 is 0 Å². The molecule has 0 spiro atoms. The van der Waals surface area contributed by atoms with Gasteiger partial charge in [0.1, 0.15) is 4.88 Å². The monoisotopic (exact) mass is 462 g/mol. The molecular weight excluding hydrogens is 451 g/mol. The number of carbonyl (C=O) groups is 1. The summed E-state index contributed by atoms with van der Waals surface area (Å²) in [7, 11) is 0. The number of benzene rings is 2. The van der Waals surface area contributed by atoms with Crippen molar-refractivity contribution in [2.75, 3.05) is 0 Å². The number of amides is 1. The predicted molar refractivity (Wildman–Crippen MR) is 103 cm³/mol. The smallest absolute Gasteiger partial charge is 0.310 e. The van der Waals surface area contributed by atoms with Crippen LogP contribution in [0.3, 0.4) is 0 Å². The molecule has 1 aromatic heterocycles. The maximum absolute atomic E-state index is 12.4. The largest absolute Gasteiger partial charge is 0.493 e. The molecule has 0 radical (unpaired) electrons. The maximum atomic E-state index is 12.4. The van der Waals surface area contributed by atoms with Crippen molar-refractivity contribution in [2.24, 2.45) is 4.99 Å². The van der Waals surface area contributed by atoms with E-state index in [9.17, 15) is 14.7 Å². The molecule has 1 aliphatic heterocycles. The number of para-hydroxylation sites is 1. The molecule has 124 valence electrons. The van der Waals surface area contributed by atoms with Gasteiger partial charge >= 0.3 is 4.87 Å². The molecule has 0 fully saturated rings. The third kappa shape index (κ3) is 2.83. The van der Waals surface area contributed by atoms with Crippen LogP contribution in [-0.2, 0) is 11.3 Å². The van der Waals surface area contributed by atoms with Gasteiger partial charge in [-0.2, -0.15) is 0 Å². The highest BCUT2D eigenvalue weighted by Gasteiger charge is 2.25. The molecule has 1 amide bonds. The lowest BCUT2D eigenvalue weighted by Gasteiger charge is -2.05. The van der Waals surface area contributed by atoms with E-state index in [1.807, 2.05) is 24.3 Å². The first kappa shape index (κ1) is 16.2. The van der Waals surface area contributed by atoms with Crippen LogP contribution in [-0.4, -0.2) is 15.6 Å². The lowest BCUT2D eigenvalue weighted by molar-refractivity contribution is -0.112. The minimum absolute atomic E-state index is 0.191. The number of rotatable bonds is 3. The van der Waals surface area contributed by atoms with Crippen molar-refractivity contribution in [3.8, 4) is 5.88 Å². The molecule has 5 nitrogen and oxygen atoms in total. The summed E-state index contributed by atoms with van der Waals surface area (Å²) in [6.45, 7) is 0.248. The number of thiazole rings is 1. The van der Waals surface area contributed by atoms with Gasteiger partial charge in [-0.05, 0) is 46.4 Å². The molecule has 0 unspecified atom stereocenters. The number of aromatic nitrogens is 1. The number of fused-ring (bicyclic) bond motifs is 1. The van der Waals surface area contributed by atoms with Crippen LogP contribution in [0.25, 0.3) is 5.57 Å². The molecule has 25 heavy (non-hydrogen) atoms. The van der Waals surface area contributed by atoms with Crippen molar-refractivity contribution in [3.05, 3.63) is 82.8 Å². The molecule has 0 saturated carbocycles. The van der Waals surface area contributed by atoms with Crippen LogP contribution in [0.2, 0.25) is 0 Å². The SMILES string of the molecule is O=C1N=c2ccccc2=C1c1sc(=O)n(Cc2ccc(I)cc2)c1O. The highest BCUT2D eigenvalue weighted by molar-refractivity contribution is 14.1. The van der Waals surface area contributed by atoms with Crippen LogP contribution in [0.15, 0.2) is 58.3 Å². The van der Waals surface area contributed by atoms with Crippen LogP contribution < -0.4 is 15.4 Å². The molecule has 2 heterocycles. The maximum Gasteiger partial charge on any atom is 0.310 e. The number of nitrogens with zero attached hydrogens (tertiary/aromatic N) is 2. The highest BCUT2D eigenvalue weighted by Crippen LogP contribution is 2.28. The fraction of sp³-hybridized carbons (Fsp3) is 0.0556. The van der Waals surface area contributed by atoms with E-state index in [4.69, 9.17) is 0 Å². The van der Waals surface area contributed by atoms with Crippen molar-refractivity contribution in [1.29, 1.82) is 0 Å². The minimum Gasteiger partial charge on any atom is -0.493 e. The van der Waals surface area contributed by atoms with Gasteiger partial charge in [-0.3, -0.25) is 14.2 Å². The zero-order chi connectivity index (χ0) is 17.6. The Morgan fingerprint density at radius 1 is 1.08 bits per heavy atom. The number of hydrogen-bond donors (Lipinski definition) is 1. The average Bonchev–Trinajstić information content (AvgIpc) is 3.06. The molecule has 0 bridgehead atoms. The molecule has 0 saturated heterocycles. The van der Waals surface area contributed by atoms with E-state index in [0.29, 0.717) is 10.6 Å².